The van der Waals surface area contributed by atoms with Crippen LogP contribution in [-0.4, -0.2) is 14.3 Å². The molecule has 2 aromatic heterocycles. The normalized spacial score (nSPS) is 12.2. The number of anilines is 1. The van der Waals surface area contributed by atoms with E-state index in [1.165, 1.54) is 17.9 Å². The topological polar surface area (TPSA) is 64.7 Å². The van der Waals surface area contributed by atoms with Gasteiger partial charge in [-0.25, -0.2) is 9.97 Å². The van der Waals surface area contributed by atoms with Gasteiger partial charge in [0.15, 0.2) is 5.82 Å². The van der Waals surface area contributed by atoms with E-state index in [0.29, 0.717) is 5.82 Å². The molecule has 2 heterocycles. The highest BCUT2D eigenvalue weighted by molar-refractivity contribution is 7.07. The molecule has 0 aromatic carbocycles. The van der Waals surface area contributed by atoms with E-state index >= 15 is 0 Å². The zero-order chi connectivity index (χ0) is 10.3. The number of hydrogen-bond acceptors (Lipinski definition) is 5. The van der Waals surface area contributed by atoms with Crippen LogP contribution in [0.2, 0.25) is 0 Å². The highest BCUT2D eigenvalue weighted by atomic mass is 32.1. The summed E-state index contributed by atoms with van der Waals surface area (Å²) in [7, 11) is 0. The van der Waals surface area contributed by atoms with Crippen LogP contribution in [0.15, 0.2) is 6.33 Å². The van der Waals surface area contributed by atoms with Gasteiger partial charge < -0.3 is 5.73 Å². The molecule has 0 spiro atoms. The second-order valence-electron chi connectivity index (χ2n) is 4.22. The van der Waals surface area contributed by atoms with Crippen molar-refractivity contribution in [3.05, 3.63) is 11.2 Å². The fourth-order valence-corrected chi connectivity index (χ4v) is 2.15. The summed E-state index contributed by atoms with van der Waals surface area (Å²) < 4.78 is 4.28. The van der Waals surface area contributed by atoms with Crippen molar-refractivity contribution in [2.24, 2.45) is 0 Å². The molecule has 0 atom stereocenters. The van der Waals surface area contributed by atoms with E-state index in [2.05, 4.69) is 35.1 Å². The molecule has 0 radical (unpaired) electrons. The summed E-state index contributed by atoms with van der Waals surface area (Å²) in [5.74, 6) is 0.460. The maximum Gasteiger partial charge on any atom is 0.154 e. The molecule has 0 unspecified atom stereocenters. The number of aromatic nitrogens is 3. The third kappa shape index (κ3) is 1.33. The fourth-order valence-electron chi connectivity index (χ4n) is 1.28. The second kappa shape index (κ2) is 2.88. The van der Waals surface area contributed by atoms with Gasteiger partial charge in [-0.1, -0.05) is 20.8 Å². The van der Waals surface area contributed by atoms with Crippen molar-refractivity contribution < 1.29 is 0 Å². The number of nitrogens with two attached hydrogens (primary N) is 1. The molecule has 0 saturated carbocycles. The minimum Gasteiger partial charge on any atom is -0.382 e. The van der Waals surface area contributed by atoms with E-state index in [0.717, 1.165) is 15.9 Å². The maximum absolute atomic E-state index is 5.71. The highest BCUT2D eigenvalue weighted by Gasteiger charge is 2.22. The van der Waals surface area contributed by atoms with Crippen molar-refractivity contribution >= 4 is 28.4 Å². The summed E-state index contributed by atoms with van der Waals surface area (Å²) in [6.07, 6.45) is 1.49. The van der Waals surface area contributed by atoms with Crippen molar-refractivity contribution in [2.75, 3.05) is 5.73 Å². The average Bonchev–Trinajstić information content (AvgIpc) is 2.47. The Labute approximate surface area is 86.4 Å². The fraction of sp³-hybridized carbons (Fsp3) is 0.444. The third-order valence-electron chi connectivity index (χ3n) is 1.98. The minimum atomic E-state index is 0.0558. The highest BCUT2D eigenvalue weighted by Crippen LogP contribution is 2.33. The van der Waals surface area contributed by atoms with Crippen molar-refractivity contribution in [1.82, 2.24) is 14.3 Å². The zero-order valence-corrected chi connectivity index (χ0v) is 9.22. The van der Waals surface area contributed by atoms with Gasteiger partial charge in [0.1, 0.15) is 17.4 Å². The van der Waals surface area contributed by atoms with Crippen molar-refractivity contribution in [1.29, 1.82) is 0 Å². The first-order valence-corrected chi connectivity index (χ1v) is 5.14. The van der Waals surface area contributed by atoms with Gasteiger partial charge in [-0.15, -0.1) is 0 Å². The molecule has 2 aromatic rings. The van der Waals surface area contributed by atoms with Crippen LogP contribution in [0.5, 0.6) is 0 Å². The van der Waals surface area contributed by atoms with Gasteiger partial charge in [-0.2, -0.15) is 4.37 Å². The predicted octanol–water partition coefficient (Wildman–Crippen LogP) is 1.97. The Balaban J connectivity index is 2.76. The first-order chi connectivity index (χ1) is 6.50. The van der Waals surface area contributed by atoms with Crippen LogP contribution in [0, 0.1) is 0 Å². The van der Waals surface area contributed by atoms with E-state index < -0.39 is 0 Å². The summed E-state index contributed by atoms with van der Waals surface area (Å²) in [5.41, 5.74) is 7.37. The number of rotatable bonds is 0. The van der Waals surface area contributed by atoms with Crippen molar-refractivity contribution in [3.63, 3.8) is 0 Å². The molecule has 0 aliphatic carbocycles. The van der Waals surface area contributed by atoms with Gasteiger partial charge in [0, 0.05) is 5.41 Å². The van der Waals surface area contributed by atoms with E-state index in [4.69, 9.17) is 5.73 Å². The Morgan fingerprint density at radius 3 is 2.57 bits per heavy atom. The van der Waals surface area contributed by atoms with Crippen LogP contribution in [-0.2, 0) is 5.41 Å². The van der Waals surface area contributed by atoms with Crippen LogP contribution in [0.3, 0.4) is 0 Å². The SMILES string of the molecule is CC(C)(C)c1snc2c(N)ncnc12. The Hall–Kier alpha value is -1.23. The Bertz CT molecular complexity index is 469. The summed E-state index contributed by atoms with van der Waals surface area (Å²) in [6.45, 7) is 6.41. The van der Waals surface area contributed by atoms with Crippen LogP contribution in [0.4, 0.5) is 5.82 Å². The van der Waals surface area contributed by atoms with Gasteiger partial charge >= 0.3 is 0 Å². The van der Waals surface area contributed by atoms with Gasteiger partial charge in [-0.3, -0.25) is 0 Å². The van der Waals surface area contributed by atoms with Crippen molar-refractivity contribution in [3.8, 4) is 0 Å². The molecule has 0 aliphatic heterocycles. The van der Waals surface area contributed by atoms with Gasteiger partial charge in [0.2, 0.25) is 0 Å². The molecule has 0 aliphatic rings. The molecule has 0 fully saturated rings. The second-order valence-corrected chi connectivity index (χ2v) is 4.99. The van der Waals surface area contributed by atoms with Crippen LogP contribution in [0.25, 0.3) is 11.0 Å². The third-order valence-corrected chi connectivity index (χ3v) is 3.24. The predicted molar refractivity (Wildman–Crippen MR) is 58.3 cm³/mol. The Morgan fingerprint density at radius 2 is 1.93 bits per heavy atom. The van der Waals surface area contributed by atoms with Gasteiger partial charge in [-0.05, 0) is 11.5 Å². The first-order valence-electron chi connectivity index (χ1n) is 4.36. The quantitative estimate of drug-likeness (QED) is 0.718. The molecule has 14 heavy (non-hydrogen) atoms. The molecule has 0 bridgehead atoms. The molecule has 5 heteroatoms. The van der Waals surface area contributed by atoms with E-state index in [-0.39, 0.29) is 5.41 Å². The monoisotopic (exact) mass is 208 g/mol. The lowest BCUT2D eigenvalue weighted by Gasteiger charge is -2.14. The van der Waals surface area contributed by atoms with Crippen LogP contribution >= 0.6 is 11.5 Å². The molecular weight excluding hydrogens is 196 g/mol. The molecular formula is C9H12N4S. The largest absolute Gasteiger partial charge is 0.382 e. The molecule has 2 N–H and O–H groups in total. The summed E-state index contributed by atoms with van der Waals surface area (Å²) >= 11 is 1.45. The van der Waals surface area contributed by atoms with Gasteiger partial charge in [0.25, 0.3) is 0 Å². The lowest BCUT2D eigenvalue weighted by Crippen LogP contribution is -2.09. The molecule has 0 saturated heterocycles. The number of hydrogen-bond donors (Lipinski definition) is 1. The van der Waals surface area contributed by atoms with Crippen LogP contribution < -0.4 is 5.73 Å². The van der Waals surface area contributed by atoms with E-state index in [9.17, 15) is 0 Å². The standard InChI is InChI=1S/C9H12N4S/c1-9(2,3)7-5-6(13-14-7)8(10)12-4-11-5/h4H,1-3H3,(H2,10,11,12). The first kappa shape index (κ1) is 9.33. The smallest absolute Gasteiger partial charge is 0.154 e. The van der Waals surface area contributed by atoms with Gasteiger partial charge in [0.05, 0.1) is 4.88 Å². The van der Waals surface area contributed by atoms with Crippen LogP contribution in [0.1, 0.15) is 25.6 Å². The maximum atomic E-state index is 5.71. The molecule has 74 valence electrons. The Morgan fingerprint density at radius 1 is 1.21 bits per heavy atom. The molecule has 4 nitrogen and oxygen atoms in total. The zero-order valence-electron chi connectivity index (χ0n) is 8.40. The number of fused-ring (bicyclic) bond motifs is 1. The summed E-state index contributed by atoms with van der Waals surface area (Å²) in [6, 6.07) is 0. The summed E-state index contributed by atoms with van der Waals surface area (Å²) in [5, 5.41) is 0. The lowest BCUT2D eigenvalue weighted by atomic mass is 9.94. The van der Waals surface area contributed by atoms with Crippen molar-refractivity contribution in [2.45, 2.75) is 26.2 Å². The minimum absolute atomic E-state index is 0.0558. The number of nitrogens with zero attached hydrogens (tertiary/aromatic N) is 3. The summed E-state index contributed by atoms with van der Waals surface area (Å²) in [4.78, 5) is 9.29. The average molecular weight is 208 g/mol. The van der Waals surface area contributed by atoms with E-state index in [1.807, 2.05) is 0 Å². The Kier molecular flexibility index (Phi) is 1.92. The lowest BCUT2D eigenvalue weighted by molar-refractivity contribution is 0.607. The molecule has 2 rings (SSSR count). The molecule has 0 amide bonds. The number of nitrogen functional groups attached to an aromatic ring is 1. The van der Waals surface area contributed by atoms with E-state index in [1.54, 1.807) is 0 Å².